The fourth-order valence-electron chi connectivity index (χ4n) is 1.36. The van der Waals surface area contributed by atoms with E-state index in [1.165, 1.54) is 0 Å². The molecule has 0 aliphatic carbocycles. The first kappa shape index (κ1) is 14.5. The number of aromatic nitrogens is 1. The van der Waals surface area contributed by atoms with E-state index in [2.05, 4.69) is 27.2 Å². The van der Waals surface area contributed by atoms with Gasteiger partial charge in [0, 0.05) is 25.8 Å². The molecular weight excluding hydrogens is 248 g/mol. The maximum absolute atomic E-state index is 5.73. The molecule has 0 saturated heterocycles. The number of nitrogens with zero attached hydrogens (tertiary/aromatic N) is 2. The molecule has 1 rings (SSSR count). The Morgan fingerprint density at radius 3 is 2.94 bits per heavy atom. The first-order valence-electron chi connectivity index (χ1n) is 5.99. The topological polar surface area (TPSA) is 49.3 Å². The van der Waals surface area contributed by atoms with E-state index in [-0.39, 0.29) is 0 Å². The van der Waals surface area contributed by atoms with E-state index in [9.17, 15) is 0 Å². The highest BCUT2D eigenvalue weighted by molar-refractivity contribution is 6.29. The lowest BCUT2D eigenvalue weighted by Gasteiger charge is -2.09. The number of pyridine rings is 1. The normalized spacial score (nSPS) is 11.1. The molecule has 4 nitrogen and oxygen atoms in total. The Balaban J connectivity index is 2.44. The summed E-state index contributed by atoms with van der Waals surface area (Å²) in [6.45, 7) is 7.94. The fraction of sp³-hybridized carbons (Fsp3) is 0.385. The minimum absolute atomic E-state index is 0.517. The highest BCUT2D eigenvalue weighted by Crippen LogP contribution is 2.05. The van der Waals surface area contributed by atoms with Crippen LogP contribution in [0.5, 0.6) is 0 Å². The van der Waals surface area contributed by atoms with Gasteiger partial charge >= 0.3 is 0 Å². The average Bonchev–Trinajstić information content (AvgIpc) is 2.38. The molecule has 2 N–H and O–H groups in total. The minimum Gasteiger partial charge on any atom is -0.357 e. The first-order chi connectivity index (χ1) is 8.76. The molecule has 98 valence electrons. The summed E-state index contributed by atoms with van der Waals surface area (Å²) in [7, 11) is 0. The van der Waals surface area contributed by atoms with Crippen molar-refractivity contribution in [2.75, 3.05) is 19.6 Å². The van der Waals surface area contributed by atoms with Crippen LogP contribution in [0, 0.1) is 0 Å². The van der Waals surface area contributed by atoms with Crippen LogP contribution in [0.15, 0.2) is 36.0 Å². The molecule has 1 aromatic rings. The fourth-order valence-corrected chi connectivity index (χ4v) is 1.47. The van der Waals surface area contributed by atoms with Gasteiger partial charge in [-0.2, -0.15) is 0 Å². The quantitative estimate of drug-likeness (QED) is 0.358. The second kappa shape index (κ2) is 8.53. The summed E-state index contributed by atoms with van der Waals surface area (Å²) in [4.78, 5) is 8.49. The van der Waals surface area contributed by atoms with Crippen molar-refractivity contribution in [3.05, 3.63) is 41.7 Å². The summed E-state index contributed by atoms with van der Waals surface area (Å²) < 4.78 is 0. The summed E-state index contributed by atoms with van der Waals surface area (Å²) >= 11 is 5.73. The van der Waals surface area contributed by atoms with E-state index < -0.39 is 0 Å². The predicted octanol–water partition coefficient (Wildman–Crippen LogP) is 2.02. The number of halogens is 1. The van der Waals surface area contributed by atoms with Gasteiger partial charge in [0.25, 0.3) is 0 Å². The summed E-state index contributed by atoms with van der Waals surface area (Å²) in [6, 6.07) is 3.76. The molecular formula is C13H19ClN4. The molecule has 0 saturated carbocycles. The zero-order chi connectivity index (χ0) is 13.2. The van der Waals surface area contributed by atoms with Crippen molar-refractivity contribution in [2.24, 2.45) is 4.99 Å². The van der Waals surface area contributed by atoms with E-state index in [1.54, 1.807) is 18.3 Å². The number of hydrogen-bond acceptors (Lipinski definition) is 2. The molecule has 0 aliphatic heterocycles. The van der Waals surface area contributed by atoms with Crippen molar-refractivity contribution < 1.29 is 0 Å². The maximum Gasteiger partial charge on any atom is 0.191 e. The molecule has 1 aromatic heterocycles. The molecule has 0 radical (unpaired) electrons. The third kappa shape index (κ3) is 5.68. The third-order valence-electron chi connectivity index (χ3n) is 2.22. The molecule has 0 unspecified atom stereocenters. The zero-order valence-corrected chi connectivity index (χ0v) is 11.4. The van der Waals surface area contributed by atoms with Crippen molar-refractivity contribution in [2.45, 2.75) is 13.3 Å². The van der Waals surface area contributed by atoms with Crippen LogP contribution in [0.1, 0.15) is 12.5 Å². The lowest BCUT2D eigenvalue weighted by Crippen LogP contribution is -2.37. The Morgan fingerprint density at radius 2 is 2.33 bits per heavy atom. The summed E-state index contributed by atoms with van der Waals surface area (Å²) in [6.07, 6.45) is 4.42. The third-order valence-corrected chi connectivity index (χ3v) is 2.44. The van der Waals surface area contributed by atoms with E-state index >= 15 is 0 Å². The van der Waals surface area contributed by atoms with Crippen LogP contribution >= 0.6 is 11.6 Å². The van der Waals surface area contributed by atoms with E-state index in [4.69, 9.17) is 11.6 Å². The smallest absolute Gasteiger partial charge is 0.191 e. The monoisotopic (exact) mass is 266 g/mol. The van der Waals surface area contributed by atoms with Crippen molar-refractivity contribution >= 4 is 17.6 Å². The van der Waals surface area contributed by atoms with Crippen molar-refractivity contribution in [1.82, 2.24) is 15.6 Å². The molecule has 0 amide bonds. The Hall–Kier alpha value is -1.55. The predicted molar refractivity (Wildman–Crippen MR) is 77.1 cm³/mol. The Kier molecular flexibility index (Phi) is 6.87. The van der Waals surface area contributed by atoms with Gasteiger partial charge in [0.2, 0.25) is 0 Å². The van der Waals surface area contributed by atoms with Crippen LogP contribution in [0.3, 0.4) is 0 Å². The molecule has 0 aromatic carbocycles. The van der Waals surface area contributed by atoms with Crippen molar-refractivity contribution in [1.29, 1.82) is 0 Å². The van der Waals surface area contributed by atoms with Crippen LogP contribution in [0.25, 0.3) is 0 Å². The molecule has 0 bridgehead atoms. The van der Waals surface area contributed by atoms with Crippen LogP contribution in [-0.2, 0) is 6.42 Å². The lowest BCUT2D eigenvalue weighted by atomic mass is 10.2. The standard InChI is InChI=1S/C13H19ClN4/c1-3-8-16-13(15-4-2)17-9-7-11-5-6-12(14)18-10-11/h3,5-6,10H,1,4,7-9H2,2H3,(H2,15,16,17). The second-order valence-corrected chi connectivity index (χ2v) is 4.06. The van der Waals surface area contributed by atoms with Crippen LogP contribution < -0.4 is 10.6 Å². The molecule has 5 heteroatoms. The highest BCUT2D eigenvalue weighted by atomic mass is 35.5. The van der Waals surface area contributed by atoms with Gasteiger partial charge in [-0.15, -0.1) is 6.58 Å². The minimum atomic E-state index is 0.517. The van der Waals surface area contributed by atoms with Crippen molar-refractivity contribution in [3.63, 3.8) is 0 Å². The second-order valence-electron chi connectivity index (χ2n) is 3.67. The van der Waals surface area contributed by atoms with Gasteiger partial charge in [0.1, 0.15) is 5.15 Å². The summed E-state index contributed by atoms with van der Waals surface area (Å²) in [5.74, 6) is 0.805. The number of guanidine groups is 1. The Labute approximate surface area is 113 Å². The van der Waals surface area contributed by atoms with E-state index in [1.807, 2.05) is 13.0 Å². The summed E-state index contributed by atoms with van der Waals surface area (Å²) in [5, 5.41) is 6.83. The highest BCUT2D eigenvalue weighted by Gasteiger charge is 1.96. The molecule has 18 heavy (non-hydrogen) atoms. The lowest BCUT2D eigenvalue weighted by molar-refractivity contribution is 0.850. The van der Waals surface area contributed by atoms with Gasteiger partial charge in [-0.25, -0.2) is 4.98 Å². The summed E-state index contributed by atoms with van der Waals surface area (Å²) in [5.41, 5.74) is 1.13. The zero-order valence-electron chi connectivity index (χ0n) is 10.6. The van der Waals surface area contributed by atoms with Gasteiger partial charge in [-0.05, 0) is 25.0 Å². The molecule has 0 spiro atoms. The van der Waals surface area contributed by atoms with Gasteiger partial charge in [-0.3, -0.25) is 4.99 Å². The van der Waals surface area contributed by atoms with Gasteiger partial charge in [0.15, 0.2) is 5.96 Å². The van der Waals surface area contributed by atoms with Crippen molar-refractivity contribution in [3.8, 4) is 0 Å². The SMILES string of the molecule is C=CCNC(=NCCc1ccc(Cl)nc1)NCC. The van der Waals surface area contributed by atoms with Gasteiger partial charge in [-0.1, -0.05) is 23.7 Å². The Bertz CT molecular complexity index is 386. The first-order valence-corrected chi connectivity index (χ1v) is 6.37. The van der Waals surface area contributed by atoms with E-state index in [0.717, 1.165) is 24.5 Å². The van der Waals surface area contributed by atoms with Gasteiger partial charge < -0.3 is 10.6 Å². The average molecular weight is 267 g/mol. The molecule has 0 atom stereocenters. The van der Waals surface area contributed by atoms with Crippen LogP contribution in [0.4, 0.5) is 0 Å². The largest absolute Gasteiger partial charge is 0.357 e. The van der Waals surface area contributed by atoms with Crippen LogP contribution in [0.2, 0.25) is 5.15 Å². The Morgan fingerprint density at radius 1 is 1.50 bits per heavy atom. The number of rotatable bonds is 6. The van der Waals surface area contributed by atoms with Crippen LogP contribution in [-0.4, -0.2) is 30.6 Å². The molecule has 0 fully saturated rings. The number of aliphatic imine (C=N–C) groups is 1. The maximum atomic E-state index is 5.73. The number of hydrogen-bond donors (Lipinski definition) is 2. The molecule has 0 aliphatic rings. The van der Waals surface area contributed by atoms with E-state index in [0.29, 0.717) is 18.2 Å². The molecule has 1 heterocycles. The number of nitrogens with one attached hydrogen (secondary N) is 2. The van der Waals surface area contributed by atoms with Gasteiger partial charge in [0.05, 0.1) is 0 Å².